The Balaban J connectivity index is 1.47. The number of nitro benzene ring substituents is 1. The van der Waals surface area contributed by atoms with Crippen LogP contribution >= 0.6 is 0 Å². The summed E-state index contributed by atoms with van der Waals surface area (Å²) in [5.74, 6) is -1.13. The molecule has 0 saturated carbocycles. The van der Waals surface area contributed by atoms with Crippen LogP contribution in [0, 0.1) is 10.1 Å². The number of para-hydroxylation sites is 1. The second-order valence-corrected chi connectivity index (χ2v) is 9.95. The Morgan fingerprint density at radius 2 is 1.82 bits per heavy atom. The van der Waals surface area contributed by atoms with Gasteiger partial charge in [0.2, 0.25) is 5.91 Å². The SMILES string of the molecule is CC(C)c1ccc(N2C(=O)CC(N(CCc3c[nH]c4ccccc34)C(=O)c3cccc([N+](=O)[O-])c3)C2=O)cc1. The predicted octanol–water partition coefficient (Wildman–Crippen LogP) is 5.22. The van der Waals surface area contributed by atoms with E-state index in [1.807, 2.05) is 42.6 Å². The molecule has 1 N–H and O–H groups in total. The molecule has 1 aliphatic heterocycles. The van der Waals surface area contributed by atoms with Crippen LogP contribution in [0.2, 0.25) is 0 Å². The topological polar surface area (TPSA) is 117 Å². The van der Waals surface area contributed by atoms with Gasteiger partial charge in [0, 0.05) is 41.3 Å². The summed E-state index contributed by atoms with van der Waals surface area (Å²) in [6.45, 7) is 4.26. The van der Waals surface area contributed by atoms with E-state index in [-0.39, 0.29) is 24.2 Å². The highest BCUT2D eigenvalue weighted by molar-refractivity contribution is 6.23. The van der Waals surface area contributed by atoms with Crippen molar-refractivity contribution in [2.75, 3.05) is 11.4 Å². The minimum Gasteiger partial charge on any atom is -0.361 e. The molecule has 1 aliphatic rings. The summed E-state index contributed by atoms with van der Waals surface area (Å²) in [7, 11) is 0. The average molecular weight is 525 g/mol. The van der Waals surface area contributed by atoms with Crippen LogP contribution in [0.25, 0.3) is 10.9 Å². The molecule has 39 heavy (non-hydrogen) atoms. The van der Waals surface area contributed by atoms with E-state index in [9.17, 15) is 24.5 Å². The number of nitro groups is 1. The molecule has 3 amide bonds. The van der Waals surface area contributed by atoms with Crippen LogP contribution < -0.4 is 4.90 Å². The number of carbonyl (C=O) groups is 3. The number of anilines is 1. The summed E-state index contributed by atoms with van der Waals surface area (Å²) in [4.78, 5) is 57.0. The van der Waals surface area contributed by atoms with Gasteiger partial charge in [0.1, 0.15) is 6.04 Å². The molecule has 4 aromatic rings. The smallest absolute Gasteiger partial charge is 0.270 e. The van der Waals surface area contributed by atoms with E-state index < -0.39 is 28.7 Å². The third kappa shape index (κ3) is 5.03. The molecular formula is C30H28N4O5. The molecule has 0 radical (unpaired) electrons. The first kappa shape index (κ1) is 25.8. The van der Waals surface area contributed by atoms with Crippen molar-refractivity contribution >= 4 is 40.0 Å². The predicted molar refractivity (Wildman–Crippen MR) is 148 cm³/mol. The highest BCUT2D eigenvalue weighted by Crippen LogP contribution is 2.29. The number of benzene rings is 3. The summed E-state index contributed by atoms with van der Waals surface area (Å²) >= 11 is 0. The zero-order valence-corrected chi connectivity index (χ0v) is 21.7. The highest BCUT2D eigenvalue weighted by atomic mass is 16.6. The van der Waals surface area contributed by atoms with Crippen molar-refractivity contribution in [3.63, 3.8) is 0 Å². The van der Waals surface area contributed by atoms with Gasteiger partial charge in [0.05, 0.1) is 17.0 Å². The number of nitrogens with zero attached hydrogens (tertiary/aromatic N) is 3. The quantitative estimate of drug-likeness (QED) is 0.193. The first-order chi connectivity index (χ1) is 18.7. The van der Waals surface area contributed by atoms with Crippen molar-refractivity contribution in [2.45, 2.75) is 38.6 Å². The maximum absolute atomic E-state index is 13.8. The number of nitrogens with one attached hydrogen (secondary N) is 1. The molecule has 1 fully saturated rings. The van der Waals surface area contributed by atoms with Crippen LogP contribution in [0.1, 0.15) is 47.7 Å². The van der Waals surface area contributed by atoms with Gasteiger partial charge in [0.15, 0.2) is 0 Å². The Hall–Kier alpha value is -4.79. The van der Waals surface area contributed by atoms with Gasteiger partial charge in [-0.1, -0.05) is 50.2 Å². The first-order valence-electron chi connectivity index (χ1n) is 12.8. The summed E-state index contributed by atoms with van der Waals surface area (Å²) in [5.41, 5.74) is 3.31. The van der Waals surface area contributed by atoms with E-state index in [2.05, 4.69) is 18.8 Å². The Morgan fingerprint density at radius 3 is 2.54 bits per heavy atom. The van der Waals surface area contributed by atoms with Gasteiger partial charge in [-0.25, -0.2) is 4.90 Å². The Labute approximate surface area is 225 Å². The molecular weight excluding hydrogens is 496 g/mol. The standard InChI is InChI=1S/C30H28N4O5/c1-19(2)20-10-12-23(13-11-20)33-28(35)17-27(30(33)37)32(29(36)21-6-5-7-24(16-21)34(38)39)15-14-22-18-31-26-9-4-3-8-25(22)26/h3-13,16,18-19,27,31H,14-15,17H2,1-2H3. The summed E-state index contributed by atoms with van der Waals surface area (Å²) < 4.78 is 0. The number of carbonyl (C=O) groups excluding carboxylic acids is 3. The lowest BCUT2D eigenvalue weighted by atomic mass is 10.0. The molecule has 3 aromatic carbocycles. The molecule has 9 nitrogen and oxygen atoms in total. The third-order valence-corrected chi connectivity index (χ3v) is 7.18. The van der Waals surface area contributed by atoms with Crippen LogP contribution in [0.4, 0.5) is 11.4 Å². The maximum atomic E-state index is 13.8. The van der Waals surface area contributed by atoms with Crippen molar-refractivity contribution in [2.24, 2.45) is 0 Å². The number of H-pyrrole nitrogens is 1. The minimum atomic E-state index is -1.03. The van der Waals surface area contributed by atoms with Gasteiger partial charge in [-0.15, -0.1) is 0 Å². The van der Waals surface area contributed by atoms with Crippen molar-refractivity contribution in [1.82, 2.24) is 9.88 Å². The van der Waals surface area contributed by atoms with Gasteiger partial charge < -0.3 is 9.88 Å². The van der Waals surface area contributed by atoms with Gasteiger partial charge in [0.25, 0.3) is 17.5 Å². The van der Waals surface area contributed by atoms with E-state index in [0.29, 0.717) is 18.0 Å². The molecule has 198 valence electrons. The Morgan fingerprint density at radius 1 is 1.08 bits per heavy atom. The van der Waals surface area contributed by atoms with Crippen LogP contribution in [0.3, 0.4) is 0 Å². The second-order valence-electron chi connectivity index (χ2n) is 9.95. The zero-order chi connectivity index (χ0) is 27.7. The fourth-order valence-corrected chi connectivity index (χ4v) is 5.04. The van der Waals surface area contributed by atoms with Crippen LogP contribution in [-0.2, 0) is 16.0 Å². The normalized spacial score (nSPS) is 15.4. The number of rotatable bonds is 8. The molecule has 1 aromatic heterocycles. The van der Waals surface area contributed by atoms with Crippen molar-refractivity contribution in [3.8, 4) is 0 Å². The molecule has 5 rings (SSSR count). The molecule has 0 aliphatic carbocycles. The van der Waals surface area contributed by atoms with Crippen LogP contribution in [0.5, 0.6) is 0 Å². The summed E-state index contributed by atoms with van der Waals surface area (Å²) in [6, 6.07) is 19.4. The molecule has 1 saturated heterocycles. The average Bonchev–Trinajstić information content (AvgIpc) is 3.48. The molecule has 1 atom stereocenters. The molecule has 9 heteroatoms. The first-order valence-corrected chi connectivity index (χ1v) is 12.8. The summed E-state index contributed by atoms with van der Waals surface area (Å²) in [6.07, 6.45) is 2.12. The number of fused-ring (bicyclic) bond motifs is 1. The molecule has 0 bridgehead atoms. The lowest BCUT2D eigenvalue weighted by molar-refractivity contribution is -0.384. The fraction of sp³-hybridized carbons (Fsp3) is 0.233. The summed E-state index contributed by atoms with van der Waals surface area (Å²) in [5, 5.41) is 12.3. The van der Waals surface area contributed by atoms with Crippen molar-refractivity contribution in [1.29, 1.82) is 0 Å². The van der Waals surface area contributed by atoms with E-state index in [1.54, 1.807) is 12.1 Å². The second kappa shape index (κ2) is 10.5. The number of aromatic amines is 1. The van der Waals surface area contributed by atoms with Gasteiger partial charge in [-0.2, -0.15) is 0 Å². The fourth-order valence-electron chi connectivity index (χ4n) is 5.04. The van der Waals surface area contributed by atoms with E-state index in [4.69, 9.17) is 0 Å². The Kier molecular flexibility index (Phi) is 6.98. The minimum absolute atomic E-state index is 0.0862. The molecule has 0 spiro atoms. The van der Waals surface area contributed by atoms with E-state index >= 15 is 0 Å². The van der Waals surface area contributed by atoms with Crippen molar-refractivity contribution < 1.29 is 19.3 Å². The van der Waals surface area contributed by atoms with Gasteiger partial charge in [-0.05, 0) is 47.7 Å². The largest absolute Gasteiger partial charge is 0.361 e. The number of aromatic nitrogens is 1. The van der Waals surface area contributed by atoms with Crippen LogP contribution in [-0.4, -0.2) is 45.1 Å². The zero-order valence-electron chi connectivity index (χ0n) is 21.7. The number of non-ortho nitro benzene ring substituents is 1. The third-order valence-electron chi connectivity index (χ3n) is 7.18. The van der Waals surface area contributed by atoms with Crippen molar-refractivity contribution in [3.05, 3.63) is 106 Å². The number of hydrogen-bond donors (Lipinski definition) is 1. The molecule has 2 heterocycles. The monoisotopic (exact) mass is 524 g/mol. The van der Waals surface area contributed by atoms with E-state index in [1.165, 1.54) is 29.2 Å². The number of amides is 3. The number of hydrogen-bond acceptors (Lipinski definition) is 5. The van der Waals surface area contributed by atoms with E-state index in [0.717, 1.165) is 26.9 Å². The highest BCUT2D eigenvalue weighted by Gasteiger charge is 2.44. The van der Waals surface area contributed by atoms with Crippen LogP contribution in [0.15, 0.2) is 79.0 Å². The lowest BCUT2D eigenvalue weighted by Gasteiger charge is -2.28. The maximum Gasteiger partial charge on any atom is 0.270 e. The lowest BCUT2D eigenvalue weighted by Crippen LogP contribution is -2.46. The van der Waals surface area contributed by atoms with Gasteiger partial charge in [-0.3, -0.25) is 24.5 Å². The number of imide groups is 1. The van der Waals surface area contributed by atoms with Gasteiger partial charge >= 0.3 is 0 Å². The Bertz CT molecular complexity index is 1570. The molecule has 1 unspecified atom stereocenters.